The van der Waals surface area contributed by atoms with E-state index in [4.69, 9.17) is 9.26 Å². The zero-order valence-electron chi connectivity index (χ0n) is 12.0. The second-order valence-electron chi connectivity index (χ2n) is 4.59. The largest absolute Gasteiger partial charge is 0.480 e. The average Bonchev–Trinajstić information content (AvgIpc) is 3.19. The van der Waals surface area contributed by atoms with E-state index < -0.39 is 17.5 Å². The van der Waals surface area contributed by atoms with Crippen molar-refractivity contribution in [2.45, 2.75) is 20.1 Å². The molecule has 0 radical (unpaired) electrons. The minimum Gasteiger partial charge on any atom is -0.480 e. The van der Waals surface area contributed by atoms with Gasteiger partial charge in [-0.25, -0.2) is 13.2 Å². The van der Waals surface area contributed by atoms with Crippen LogP contribution >= 0.6 is 0 Å². The number of hydrogen-bond acceptors (Lipinski definition) is 5. The van der Waals surface area contributed by atoms with Gasteiger partial charge in [0.15, 0.2) is 29.8 Å². The molecule has 0 amide bonds. The van der Waals surface area contributed by atoms with Crippen LogP contribution in [0.2, 0.25) is 0 Å². The van der Waals surface area contributed by atoms with Crippen LogP contribution in [-0.4, -0.2) is 19.9 Å². The van der Waals surface area contributed by atoms with Gasteiger partial charge in [-0.15, -0.1) is 0 Å². The standard InChI is InChI=1S/C14H11F3N4O2/c1-2-21-6-9(5-18-21)22-7-12-19-14(20-23-12)8-3-10(15)13(17)11(16)4-8/h3-6H,2,7H2,1H3. The lowest BCUT2D eigenvalue weighted by molar-refractivity contribution is 0.242. The minimum atomic E-state index is -1.55. The third kappa shape index (κ3) is 3.17. The van der Waals surface area contributed by atoms with Crippen LogP contribution in [0.1, 0.15) is 12.8 Å². The highest BCUT2D eigenvalue weighted by Gasteiger charge is 2.16. The zero-order valence-corrected chi connectivity index (χ0v) is 12.0. The summed E-state index contributed by atoms with van der Waals surface area (Å²) in [6.45, 7) is 2.60. The molecule has 0 spiro atoms. The molecule has 3 rings (SSSR count). The summed E-state index contributed by atoms with van der Waals surface area (Å²) in [5, 5.41) is 7.62. The van der Waals surface area contributed by atoms with E-state index in [2.05, 4.69) is 15.2 Å². The monoisotopic (exact) mass is 324 g/mol. The Morgan fingerprint density at radius 2 is 1.96 bits per heavy atom. The van der Waals surface area contributed by atoms with Crippen molar-refractivity contribution in [3.8, 4) is 17.1 Å². The molecule has 0 bridgehead atoms. The fourth-order valence-electron chi connectivity index (χ4n) is 1.85. The molecule has 2 heterocycles. The van der Waals surface area contributed by atoms with Crippen molar-refractivity contribution in [3.05, 3.63) is 47.9 Å². The maximum Gasteiger partial charge on any atom is 0.264 e. The van der Waals surface area contributed by atoms with Crippen LogP contribution in [0.4, 0.5) is 13.2 Å². The maximum atomic E-state index is 13.2. The molecule has 2 aromatic heterocycles. The van der Waals surface area contributed by atoms with E-state index in [0.29, 0.717) is 12.3 Å². The van der Waals surface area contributed by atoms with Gasteiger partial charge in [0.05, 0.1) is 12.4 Å². The molecule has 0 aliphatic heterocycles. The Morgan fingerprint density at radius 3 is 2.61 bits per heavy atom. The summed E-state index contributed by atoms with van der Waals surface area (Å²) in [4.78, 5) is 3.95. The summed E-state index contributed by atoms with van der Waals surface area (Å²) >= 11 is 0. The zero-order chi connectivity index (χ0) is 16.4. The normalized spacial score (nSPS) is 11.0. The van der Waals surface area contributed by atoms with Crippen LogP contribution in [0, 0.1) is 17.5 Å². The maximum absolute atomic E-state index is 13.2. The number of aromatic nitrogens is 4. The Morgan fingerprint density at radius 1 is 1.22 bits per heavy atom. The summed E-state index contributed by atoms with van der Waals surface area (Å²) in [5.74, 6) is -3.64. The third-order valence-corrected chi connectivity index (χ3v) is 3.01. The summed E-state index contributed by atoms with van der Waals surface area (Å²) < 4.78 is 51.3. The summed E-state index contributed by atoms with van der Waals surface area (Å²) in [5.41, 5.74) is -0.0322. The second-order valence-corrected chi connectivity index (χ2v) is 4.59. The Kier molecular flexibility index (Phi) is 4.00. The van der Waals surface area contributed by atoms with Crippen molar-refractivity contribution < 1.29 is 22.4 Å². The van der Waals surface area contributed by atoms with Gasteiger partial charge < -0.3 is 9.26 Å². The smallest absolute Gasteiger partial charge is 0.264 e. The topological polar surface area (TPSA) is 66.0 Å². The Balaban J connectivity index is 1.73. The van der Waals surface area contributed by atoms with Gasteiger partial charge in [-0.3, -0.25) is 4.68 Å². The van der Waals surface area contributed by atoms with Gasteiger partial charge in [0, 0.05) is 12.1 Å². The van der Waals surface area contributed by atoms with Crippen molar-refractivity contribution in [2.24, 2.45) is 0 Å². The Hall–Kier alpha value is -2.84. The fraction of sp³-hybridized carbons (Fsp3) is 0.214. The molecule has 9 heteroatoms. The van der Waals surface area contributed by atoms with Gasteiger partial charge in [0.1, 0.15) is 0 Å². The summed E-state index contributed by atoms with van der Waals surface area (Å²) in [7, 11) is 0. The SMILES string of the molecule is CCn1cc(OCc2nc(-c3cc(F)c(F)c(F)c3)no2)cn1. The molecule has 0 saturated carbocycles. The Labute approximate surface area is 128 Å². The van der Waals surface area contributed by atoms with Crippen molar-refractivity contribution in [2.75, 3.05) is 0 Å². The molecule has 1 aromatic carbocycles. The molecule has 0 N–H and O–H groups in total. The molecule has 23 heavy (non-hydrogen) atoms. The van der Waals surface area contributed by atoms with Crippen molar-refractivity contribution in [1.29, 1.82) is 0 Å². The molecule has 120 valence electrons. The molecule has 3 aromatic rings. The molecule has 0 saturated heterocycles. The Bertz CT molecular complexity index is 808. The van der Waals surface area contributed by atoms with Crippen LogP contribution in [0.15, 0.2) is 29.0 Å². The third-order valence-electron chi connectivity index (χ3n) is 3.01. The minimum absolute atomic E-state index is 0.0322. The molecule has 0 atom stereocenters. The first-order chi connectivity index (χ1) is 11.1. The highest BCUT2D eigenvalue weighted by molar-refractivity contribution is 5.54. The number of halogens is 3. The van der Waals surface area contributed by atoms with E-state index in [0.717, 1.165) is 12.1 Å². The first kappa shape index (κ1) is 15.1. The van der Waals surface area contributed by atoms with Crippen LogP contribution in [0.3, 0.4) is 0 Å². The molecule has 0 unspecified atom stereocenters. The lowest BCUT2D eigenvalue weighted by atomic mass is 10.2. The molecular formula is C14H11F3N4O2. The average molecular weight is 324 g/mol. The number of rotatable bonds is 5. The van der Waals surface area contributed by atoms with Gasteiger partial charge in [-0.05, 0) is 19.1 Å². The molecule has 0 aliphatic carbocycles. The van der Waals surface area contributed by atoms with E-state index in [1.54, 1.807) is 10.9 Å². The van der Waals surface area contributed by atoms with Crippen LogP contribution < -0.4 is 4.74 Å². The van der Waals surface area contributed by atoms with Gasteiger partial charge in [-0.2, -0.15) is 10.1 Å². The molecular weight excluding hydrogens is 313 g/mol. The van der Waals surface area contributed by atoms with Crippen LogP contribution in [-0.2, 0) is 13.2 Å². The highest BCUT2D eigenvalue weighted by atomic mass is 19.2. The van der Waals surface area contributed by atoms with Gasteiger partial charge >= 0.3 is 0 Å². The molecule has 0 fully saturated rings. The lowest BCUT2D eigenvalue weighted by Gasteiger charge is -1.98. The second kappa shape index (κ2) is 6.11. The number of ether oxygens (including phenoxy) is 1. The van der Waals surface area contributed by atoms with Gasteiger partial charge in [0.2, 0.25) is 5.82 Å². The summed E-state index contributed by atoms with van der Waals surface area (Å²) in [6, 6.07) is 1.58. The van der Waals surface area contributed by atoms with E-state index in [1.165, 1.54) is 6.20 Å². The van der Waals surface area contributed by atoms with Crippen molar-refractivity contribution in [3.63, 3.8) is 0 Å². The van der Waals surface area contributed by atoms with E-state index in [9.17, 15) is 13.2 Å². The number of hydrogen-bond donors (Lipinski definition) is 0. The number of nitrogens with zero attached hydrogens (tertiary/aromatic N) is 4. The lowest BCUT2D eigenvalue weighted by Crippen LogP contribution is -1.96. The van der Waals surface area contributed by atoms with E-state index in [1.807, 2.05) is 6.92 Å². The fourth-order valence-corrected chi connectivity index (χ4v) is 1.85. The molecule has 6 nitrogen and oxygen atoms in total. The van der Waals surface area contributed by atoms with E-state index in [-0.39, 0.29) is 23.9 Å². The predicted octanol–water partition coefficient (Wildman–Crippen LogP) is 2.95. The van der Waals surface area contributed by atoms with Crippen LogP contribution in [0.25, 0.3) is 11.4 Å². The number of aryl methyl sites for hydroxylation is 1. The first-order valence-corrected chi connectivity index (χ1v) is 6.69. The number of benzene rings is 1. The quantitative estimate of drug-likeness (QED) is 0.675. The summed E-state index contributed by atoms with van der Waals surface area (Å²) in [6.07, 6.45) is 3.23. The van der Waals surface area contributed by atoms with Crippen molar-refractivity contribution in [1.82, 2.24) is 19.9 Å². The first-order valence-electron chi connectivity index (χ1n) is 6.69. The van der Waals surface area contributed by atoms with Crippen molar-refractivity contribution >= 4 is 0 Å². The van der Waals surface area contributed by atoms with E-state index >= 15 is 0 Å². The highest BCUT2D eigenvalue weighted by Crippen LogP contribution is 2.21. The predicted molar refractivity (Wildman–Crippen MR) is 71.8 cm³/mol. The molecule has 0 aliphatic rings. The van der Waals surface area contributed by atoms with Crippen LogP contribution in [0.5, 0.6) is 5.75 Å². The van der Waals surface area contributed by atoms with Gasteiger partial charge in [0.25, 0.3) is 5.89 Å². The van der Waals surface area contributed by atoms with Gasteiger partial charge in [-0.1, -0.05) is 5.16 Å².